The van der Waals surface area contributed by atoms with Crippen molar-refractivity contribution >= 4 is 18.9 Å². The molecule has 0 saturated heterocycles. The topological polar surface area (TPSA) is 51.2 Å². The van der Waals surface area contributed by atoms with Crippen molar-refractivity contribution in [3.63, 3.8) is 0 Å². The lowest BCUT2D eigenvalue weighted by Gasteiger charge is -1.97. The molecule has 3 heteroatoms. The molecule has 0 unspecified atom stereocenters. The molecule has 0 spiro atoms. The summed E-state index contributed by atoms with van der Waals surface area (Å²) < 4.78 is 0. The highest BCUT2D eigenvalue weighted by atomic mass is 16.1. The number of allylic oxidation sites excluding steroid dienone is 6. The highest BCUT2D eigenvalue weighted by Crippen LogP contribution is 2.09. The van der Waals surface area contributed by atoms with Crippen molar-refractivity contribution < 1.29 is 14.4 Å². The van der Waals surface area contributed by atoms with Gasteiger partial charge in [0.2, 0.25) is 0 Å². The average Bonchev–Trinajstić information content (AvgIpc) is 3.06. The molecule has 0 bridgehead atoms. The van der Waals surface area contributed by atoms with E-state index in [1.54, 1.807) is 0 Å². The Labute approximate surface area is 282 Å². The zero-order chi connectivity index (χ0) is 33.6. The van der Waals surface area contributed by atoms with Crippen LogP contribution >= 0.6 is 0 Å². The summed E-state index contributed by atoms with van der Waals surface area (Å²) in [4.78, 5) is 30.2. The quantitative estimate of drug-likeness (QED) is 0.0412. The lowest BCUT2D eigenvalue weighted by molar-refractivity contribution is -0.108. The average molecular weight is 631 g/mol. The van der Waals surface area contributed by atoms with E-state index >= 15 is 0 Å². The van der Waals surface area contributed by atoms with Crippen LogP contribution in [-0.4, -0.2) is 18.9 Å². The van der Waals surface area contributed by atoms with Gasteiger partial charge in [-0.05, 0) is 77.0 Å². The summed E-state index contributed by atoms with van der Waals surface area (Å²) in [5.74, 6) is 0. The van der Waals surface area contributed by atoms with E-state index in [1.165, 1.54) is 148 Å². The second kappa shape index (κ2) is 51.8. The molecule has 0 atom stereocenters. The summed E-state index contributed by atoms with van der Waals surface area (Å²) in [6, 6.07) is 0. The summed E-state index contributed by atoms with van der Waals surface area (Å²) >= 11 is 0. The molecule has 0 fully saturated rings. The van der Waals surface area contributed by atoms with Crippen molar-refractivity contribution in [1.82, 2.24) is 0 Å². The monoisotopic (exact) mass is 631 g/mol. The molecule has 0 aliphatic heterocycles. The third-order valence-electron chi connectivity index (χ3n) is 7.75. The van der Waals surface area contributed by atoms with Crippen LogP contribution in [0, 0.1) is 0 Å². The molecule has 0 aromatic carbocycles. The zero-order valence-electron chi connectivity index (χ0n) is 30.6. The third kappa shape index (κ3) is 58.3. The second-order valence-corrected chi connectivity index (χ2v) is 12.4. The van der Waals surface area contributed by atoms with Crippen molar-refractivity contribution in [2.45, 2.75) is 213 Å². The minimum atomic E-state index is 0.710. The van der Waals surface area contributed by atoms with Gasteiger partial charge in [0.1, 0.15) is 18.9 Å². The standard InChI is InChI=1S/3C14H26O/c3*1-2-3-4-5-6-7-8-9-10-11-12-13-14-15/h9-10,14H,2-8,11-13H2,1H3;2*5-6,14H,2-4,7-13H2,1H3/b10-9-;2*6-5-. The number of hydrogen-bond acceptors (Lipinski definition) is 3. The molecular weight excluding hydrogens is 552 g/mol. The van der Waals surface area contributed by atoms with Gasteiger partial charge in [-0.2, -0.15) is 0 Å². The molecule has 0 rings (SSSR count). The van der Waals surface area contributed by atoms with E-state index in [1.807, 2.05) is 0 Å². The summed E-state index contributed by atoms with van der Waals surface area (Å²) in [5.41, 5.74) is 0. The minimum Gasteiger partial charge on any atom is -0.303 e. The van der Waals surface area contributed by atoms with Gasteiger partial charge in [-0.25, -0.2) is 0 Å². The molecule has 0 aliphatic carbocycles. The Morgan fingerprint density at radius 2 is 0.467 bits per heavy atom. The molecule has 0 saturated carbocycles. The lowest BCUT2D eigenvalue weighted by atomic mass is 10.1. The SMILES string of the molecule is CCCC/C=C\CCCCCCCC=O.CCCC/C=C\CCCCCCCC=O.CCCCCCCC/C=C\CCCC=O. The van der Waals surface area contributed by atoms with Crippen LogP contribution in [0.5, 0.6) is 0 Å². The molecule has 45 heavy (non-hydrogen) atoms. The number of carbonyl (C=O) groups is 3. The van der Waals surface area contributed by atoms with Crippen molar-refractivity contribution in [3.8, 4) is 0 Å². The van der Waals surface area contributed by atoms with Gasteiger partial charge in [0.15, 0.2) is 0 Å². The van der Waals surface area contributed by atoms with E-state index < -0.39 is 0 Å². The first-order valence-corrected chi connectivity index (χ1v) is 19.5. The van der Waals surface area contributed by atoms with Crippen LogP contribution in [0.2, 0.25) is 0 Å². The predicted octanol–water partition coefficient (Wildman–Crippen LogP) is 14.0. The van der Waals surface area contributed by atoms with E-state index in [0.29, 0.717) is 6.42 Å². The van der Waals surface area contributed by atoms with Crippen molar-refractivity contribution in [3.05, 3.63) is 36.5 Å². The molecule has 0 aromatic rings. The fourth-order valence-corrected chi connectivity index (χ4v) is 4.75. The van der Waals surface area contributed by atoms with Crippen molar-refractivity contribution in [2.24, 2.45) is 0 Å². The van der Waals surface area contributed by atoms with Gasteiger partial charge in [-0.3, -0.25) is 0 Å². The van der Waals surface area contributed by atoms with Crippen LogP contribution in [0.15, 0.2) is 36.5 Å². The highest BCUT2D eigenvalue weighted by molar-refractivity contribution is 5.49. The molecule has 0 N–H and O–H groups in total. The van der Waals surface area contributed by atoms with Gasteiger partial charge in [-0.15, -0.1) is 0 Å². The molecule has 0 heterocycles. The molecule has 3 nitrogen and oxygen atoms in total. The Hall–Kier alpha value is -1.77. The third-order valence-corrected chi connectivity index (χ3v) is 7.75. The van der Waals surface area contributed by atoms with Gasteiger partial charge in [0.05, 0.1) is 0 Å². The number of unbranched alkanes of at least 4 members (excludes halogenated alkanes) is 24. The first kappa shape index (κ1) is 47.6. The number of aldehydes is 3. The summed E-state index contributed by atoms with van der Waals surface area (Å²) in [6.45, 7) is 6.71. The zero-order valence-corrected chi connectivity index (χ0v) is 30.6. The van der Waals surface area contributed by atoms with Gasteiger partial charge >= 0.3 is 0 Å². The largest absolute Gasteiger partial charge is 0.303 e. The highest BCUT2D eigenvalue weighted by Gasteiger charge is 1.91. The van der Waals surface area contributed by atoms with Crippen LogP contribution in [0.4, 0.5) is 0 Å². The van der Waals surface area contributed by atoms with E-state index in [9.17, 15) is 14.4 Å². The summed E-state index contributed by atoms with van der Waals surface area (Å²) in [5, 5.41) is 0. The minimum absolute atomic E-state index is 0.710. The Morgan fingerprint density at radius 3 is 0.778 bits per heavy atom. The normalized spacial score (nSPS) is 11.0. The number of rotatable bonds is 33. The van der Waals surface area contributed by atoms with E-state index in [-0.39, 0.29) is 0 Å². The van der Waals surface area contributed by atoms with Gasteiger partial charge in [0, 0.05) is 19.3 Å². The number of carbonyl (C=O) groups excluding carboxylic acids is 3. The Kier molecular flexibility index (Phi) is 54.8. The van der Waals surface area contributed by atoms with Crippen LogP contribution in [0.3, 0.4) is 0 Å². The molecule has 0 aliphatic rings. The predicted molar refractivity (Wildman–Crippen MR) is 201 cm³/mol. The van der Waals surface area contributed by atoms with Gasteiger partial charge < -0.3 is 14.4 Å². The van der Waals surface area contributed by atoms with E-state index in [2.05, 4.69) is 57.2 Å². The van der Waals surface area contributed by atoms with Gasteiger partial charge in [0.25, 0.3) is 0 Å². The first-order valence-electron chi connectivity index (χ1n) is 19.5. The molecule has 264 valence electrons. The molecule has 0 amide bonds. The van der Waals surface area contributed by atoms with Crippen molar-refractivity contribution in [1.29, 1.82) is 0 Å². The van der Waals surface area contributed by atoms with Crippen LogP contribution in [-0.2, 0) is 14.4 Å². The first-order chi connectivity index (χ1) is 22.2. The maximum atomic E-state index is 10.1. The lowest BCUT2D eigenvalue weighted by Crippen LogP contribution is -1.80. The smallest absolute Gasteiger partial charge is 0.120 e. The van der Waals surface area contributed by atoms with Crippen molar-refractivity contribution in [2.75, 3.05) is 0 Å². The van der Waals surface area contributed by atoms with E-state index in [0.717, 1.165) is 57.4 Å². The second-order valence-electron chi connectivity index (χ2n) is 12.4. The molecule has 0 aromatic heterocycles. The maximum absolute atomic E-state index is 10.1. The molecular formula is C42H78O3. The van der Waals surface area contributed by atoms with Crippen LogP contribution in [0.25, 0.3) is 0 Å². The summed E-state index contributed by atoms with van der Waals surface area (Å²) in [6.07, 6.45) is 53.1. The Bertz CT molecular complexity index is 583. The number of hydrogen-bond donors (Lipinski definition) is 0. The maximum Gasteiger partial charge on any atom is 0.120 e. The Balaban J connectivity index is -0.000000588. The fraction of sp³-hybridized carbons (Fsp3) is 0.786. The Morgan fingerprint density at radius 1 is 0.244 bits per heavy atom. The van der Waals surface area contributed by atoms with Crippen LogP contribution in [0.1, 0.15) is 213 Å². The van der Waals surface area contributed by atoms with E-state index in [4.69, 9.17) is 0 Å². The summed E-state index contributed by atoms with van der Waals surface area (Å²) in [7, 11) is 0. The van der Waals surface area contributed by atoms with Gasteiger partial charge in [-0.1, -0.05) is 154 Å². The fourth-order valence-electron chi connectivity index (χ4n) is 4.75. The van der Waals surface area contributed by atoms with Crippen LogP contribution < -0.4 is 0 Å². The molecule has 0 radical (unpaired) electrons.